The molecule has 1 rings (SSSR count). The van der Waals surface area contributed by atoms with Crippen molar-refractivity contribution in [3.05, 3.63) is 60.8 Å². The second-order valence-electron chi connectivity index (χ2n) is 16.5. The van der Waals surface area contributed by atoms with E-state index < -0.39 is 94.0 Å². The fourth-order valence-corrected chi connectivity index (χ4v) is 7.70. The van der Waals surface area contributed by atoms with Gasteiger partial charge in [0.15, 0.2) is 6.10 Å². The van der Waals surface area contributed by atoms with Crippen LogP contribution in [0.2, 0.25) is 0 Å². The Morgan fingerprint density at radius 1 is 0.578 bits per heavy atom. The number of phosphoric ester groups is 1. The lowest BCUT2D eigenvalue weighted by molar-refractivity contribution is -0.220. The molecule has 0 heterocycles. The Labute approximate surface area is 381 Å². The summed E-state index contributed by atoms with van der Waals surface area (Å²) >= 11 is 0. The monoisotopic (exact) mass is 933 g/mol. The van der Waals surface area contributed by atoms with Gasteiger partial charge in [-0.1, -0.05) is 145 Å². The van der Waals surface area contributed by atoms with Crippen LogP contribution in [0, 0.1) is 0 Å². The van der Waals surface area contributed by atoms with Crippen molar-refractivity contribution in [3.8, 4) is 0 Å². The van der Waals surface area contributed by atoms with Crippen LogP contribution in [0.4, 0.5) is 0 Å². The quantitative estimate of drug-likeness (QED) is 0.0116. The molecule has 0 aromatic carbocycles. The average Bonchev–Trinajstić information content (AvgIpc) is 3.26. The number of unbranched alkanes of at least 4 members (excludes halogenated alkanes) is 13. The van der Waals surface area contributed by atoms with Gasteiger partial charge in [-0.3, -0.25) is 18.6 Å². The van der Waals surface area contributed by atoms with E-state index in [-0.39, 0.29) is 25.7 Å². The molecule has 0 aromatic heterocycles. The van der Waals surface area contributed by atoms with Gasteiger partial charge in [-0.15, -0.1) is 0 Å². The number of aliphatic hydroxyl groups is 8. The Morgan fingerprint density at radius 3 is 1.69 bits per heavy atom. The van der Waals surface area contributed by atoms with Gasteiger partial charge in [0.25, 0.3) is 0 Å². The lowest BCUT2D eigenvalue weighted by Crippen LogP contribution is -2.64. The van der Waals surface area contributed by atoms with Gasteiger partial charge >= 0.3 is 19.8 Å². The van der Waals surface area contributed by atoms with Gasteiger partial charge in [-0.05, 0) is 51.4 Å². The largest absolute Gasteiger partial charge is 0.472 e. The summed E-state index contributed by atoms with van der Waals surface area (Å²) in [5.41, 5.74) is 0. The number of carbonyl (C=O) groups excluding carboxylic acids is 2. The molecule has 1 aliphatic carbocycles. The number of hydrogen-bond acceptors (Lipinski definition) is 15. The molecular weight excluding hydrogens is 851 g/mol. The summed E-state index contributed by atoms with van der Waals surface area (Å²) in [6.07, 6.45) is 19.0. The third-order valence-electron chi connectivity index (χ3n) is 10.7. The first-order chi connectivity index (χ1) is 30.6. The Morgan fingerprint density at radius 2 is 1.08 bits per heavy atom. The molecule has 0 spiro atoms. The molecule has 64 heavy (non-hydrogen) atoms. The summed E-state index contributed by atoms with van der Waals surface area (Å²) in [5, 5.41) is 80.7. The molecule has 0 aliphatic heterocycles. The van der Waals surface area contributed by atoms with Crippen LogP contribution >= 0.6 is 7.82 Å². The van der Waals surface area contributed by atoms with Gasteiger partial charge in [0.2, 0.25) is 0 Å². The van der Waals surface area contributed by atoms with Gasteiger partial charge in [-0.2, -0.15) is 0 Å². The number of aliphatic hydroxyl groups excluding tert-OH is 8. The van der Waals surface area contributed by atoms with Gasteiger partial charge in [-0.25, -0.2) is 4.57 Å². The molecule has 16 nitrogen and oxygen atoms in total. The summed E-state index contributed by atoms with van der Waals surface area (Å²) in [4.78, 5) is 35.7. The topological polar surface area (TPSA) is 270 Å². The Bertz CT molecular complexity index is 1400. The summed E-state index contributed by atoms with van der Waals surface area (Å²) in [5.74, 6) is -1.44. The van der Waals surface area contributed by atoms with Crippen molar-refractivity contribution in [3.63, 3.8) is 0 Å². The first kappa shape index (κ1) is 59.4. The highest BCUT2D eigenvalue weighted by Gasteiger charge is 2.51. The molecule has 370 valence electrons. The van der Waals surface area contributed by atoms with Crippen molar-refractivity contribution in [2.24, 2.45) is 0 Å². The molecule has 11 atom stereocenters. The highest BCUT2D eigenvalue weighted by molar-refractivity contribution is 7.47. The van der Waals surface area contributed by atoms with Gasteiger partial charge in [0.1, 0.15) is 43.2 Å². The lowest BCUT2D eigenvalue weighted by atomic mass is 9.85. The van der Waals surface area contributed by atoms with Gasteiger partial charge in [0, 0.05) is 12.8 Å². The smallest absolute Gasteiger partial charge is 0.462 e. The summed E-state index contributed by atoms with van der Waals surface area (Å²) in [6, 6.07) is 0. The second-order valence-corrected chi connectivity index (χ2v) is 17.9. The van der Waals surface area contributed by atoms with E-state index in [4.69, 9.17) is 18.5 Å². The van der Waals surface area contributed by atoms with Crippen LogP contribution in [-0.4, -0.2) is 132 Å². The first-order valence-corrected chi connectivity index (χ1v) is 24.9. The number of hydrogen-bond donors (Lipinski definition) is 9. The molecule has 17 heteroatoms. The molecule has 0 aromatic rings. The van der Waals surface area contributed by atoms with Crippen LogP contribution in [-0.2, 0) is 32.7 Å². The van der Waals surface area contributed by atoms with Crippen LogP contribution in [0.15, 0.2) is 60.8 Å². The second kappa shape index (κ2) is 36.5. The predicted octanol–water partition coefficient (Wildman–Crippen LogP) is 5.86. The van der Waals surface area contributed by atoms with Gasteiger partial charge < -0.3 is 55.2 Å². The molecular formula is C47H81O16P. The molecule has 0 radical (unpaired) electrons. The molecule has 0 saturated heterocycles. The minimum atomic E-state index is -5.20. The summed E-state index contributed by atoms with van der Waals surface area (Å²) < 4.78 is 33.3. The number of rotatable bonds is 37. The van der Waals surface area contributed by atoms with Gasteiger partial charge in [0.05, 0.1) is 24.9 Å². The molecule has 0 bridgehead atoms. The molecule has 1 aliphatic rings. The maximum atomic E-state index is 12.8. The maximum Gasteiger partial charge on any atom is 0.472 e. The summed E-state index contributed by atoms with van der Waals surface area (Å²) in [7, 11) is -5.20. The van der Waals surface area contributed by atoms with Crippen LogP contribution in [0.3, 0.4) is 0 Å². The van der Waals surface area contributed by atoms with E-state index in [1.54, 1.807) is 42.5 Å². The Balaban J connectivity index is 2.61. The molecule has 0 amide bonds. The third-order valence-corrected chi connectivity index (χ3v) is 11.7. The Hall–Kier alpha value is -2.57. The molecule has 1 saturated carbocycles. The molecule has 1 fully saturated rings. The molecule has 9 N–H and O–H groups in total. The van der Waals surface area contributed by atoms with Crippen molar-refractivity contribution in [2.75, 3.05) is 13.2 Å². The van der Waals surface area contributed by atoms with E-state index in [1.807, 2.05) is 0 Å². The Kier molecular flexibility index (Phi) is 33.9. The highest BCUT2D eigenvalue weighted by atomic mass is 31.2. The zero-order valence-corrected chi connectivity index (χ0v) is 39.0. The van der Waals surface area contributed by atoms with Crippen molar-refractivity contribution in [1.82, 2.24) is 0 Å². The summed E-state index contributed by atoms with van der Waals surface area (Å²) in [6.45, 7) is 2.87. The number of esters is 2. The first-order valence-electron chi connectivity index (χ1n) is 23.4. The molecule has 3 unspecified atom stereocenters. The standard InChI is InChI=1S/C47H81O16P/c1-3-5-7-8-9-10-11-12-13-14-15-16-17-22-26-32-41(52)62-37(35-61-64(58,59)63-47-45(56)43(54)42(53)44(55)46(47)57)34-60-40(51)33-27-31-39(50)38(49)30-25-21-19-18-20-24-29-36(48)28-23-6-4-2/h10-11,18-21,24-25,29-30,36-39,42-50,53-57H,3-9,12-17,22-23,26-28,31-35H2,1-2H3,(H,58,59)/b11-10-,20-18-,21-19+,29-24+,30-25+/t36-,37-,38-,39-,42?,43-,44+,45-,46-,47?/m1/s1. The van der Waals surface area contributed by atoms with Crippen molar-refractivity contribution < 1.29 is 78.4 Å². The number of ether oxygens (including phenoxy) is 2. The predicted molar refractivity (Wildman–Crippen MR) is 244 cm³/mol. The minimum absolute atomic E-state index is 0.0160. The zero-order chi connectivity index (χ0) is 47.6. The van der Waals surface area contributed by atoms with E-state index in [0.717, 1.165) is 70.6 Å². The van der Waals surface area contributed by atoms with Crippen LogP contribution in [0.25, 0.3) is 0 Å². The minimum Gasteiger partial charge on any atom is -0.462 e. The average molecular weight is 933 g/mol. The number of carbonyl (C=O) groups is 2. The fourth-order valence-electron chi connectivity index (χ4n) is 6.72. The zero-order valence-electron chi connectivity index (χ0n) is 38.1. The van der Waals surface area contributed by atoms with E-state index >= 15 is 0 Å². The van der Waals surface area contributed by atoms with Crippen LogP contribution in [0.5, 0.6) is 0 Å². The fraction of sp³-hybridized carbons (Fsp3) is 0.745. The van der Waals surface area contributed by atoms with Crippen molar-refractivity contribution >= 4 is 19.8 Å². The van der Waals surface area contributed by atoms with Crippen molar-refractivity contribution in [2.45, 2.75) is 210 Å². The number of allylic oxidation sites excluding steroid dienone is 8. The van der Waals surface area contributed by atoms with Crippen molar-refractivity contribution in [1.29, 1.82) is 0 Å². The lowest BCUT2D eigenvalue weighted by Gasteiger charge is -2.41. The highest BCUT2D eigenvalue weighted by Crippen LogP contribution is 2.47. The van der Waals surface area contributed by atoms with E-state index in [1.165, 1.54) is 31.8 Å². The van der Waals surface area contributed by atoms with Crippen LogP contribution in [0.1, 0.15) is 149 Å². The maximum absolute atomic E-state index is 12.8. The number of phosphoric acid groups is 1. The third kappa shape index (κ3) is 28.5. The van der Waals surface area contributed by atoms with E-state index in [2.05, 4.69) is 26.0 Å². The normalized spacial score (nSPS) is 23.6. The van der Waals surface area contributed by atoms with E-state index in [0.29, 0.717) is 12.8 Å². The van der Waals surface area contributed by atoms with Crippen LogP contribution < -0.4 is 0 Å². The SMILES string of the molecule is CCCCCC/C=C\CCCCCCCCCC(=O)O[C@H](COC(=O)CCC[C@@H](O)[C@H](O)/C=C/C=C/C=C\C=C\[C@H](O)CCCCC)COP(=O)(O)OC1[C@H](O)[C@H](O)C(O)[C@H](O)[C@H]1O. The van der Waals surface area contributed by atoms with E-state index in [9.17, 15) is 59.9 Å².